The molecule has 0 spiro atoms. The van der Waals surface area contributed by atoms with Crippen molar-refractivity contribution in [1.29, 1.82) is 0 Å². The number of phenols is 1. The number of hydrogen-bond donors (Lipinski definition) is 1. The van der Waals surface area contributed by atoms with Crippen molar-refractivity contribution in [3.63, 3.8) is 0 Å². The molecule has 3 heteroatoms. The van der Waals surface area contributed by atoms with Crippen LogP contribution in [0.5, 0.6) is 5.75 Å². The third-order valence-corrected chi connectivity index (χ3v) is 4.03. The highest BCUT2D eigenvalue weighted by molar-refractivity contribution is 6.46. The van der Waals surface area contributed by atoms with Crippen molar-refractivity contribution < 1.29 is 9.53 Å². The van der Waals surface area contributed by atoms with Crippen LogP contribution in [-0.2, 0) is 17.5 Å². The molecule has 2 radical (unpaired) electrons. The Morgan fingerprint density at radius 2 is 1.79 bits per heavy atom. The number of hydrogen-bond acceptors (Lipinski definition) is 2. The smallest absolute Gasteiger partial charge is 0.269 e. The summed E-state index contributed by atoms with van der Waals surface area (Å²) in [7, 11) is 0.310. The fourth-order valence-electron chi connectivity index (χ4n) is 2.15. The van der Waals surface area contributed by atoms with E-state index in [9.17, 15) is 5.11 Å². The first-order valence-corrected chi connectivity index (χ1v) is 7.36. The topological polar surface area (TPSA) is 29.5 Å². The third kappa shape index (κ3) is 3.46. The molecule has 0 saturated heterocycles. The molecule has 19 heavy (non-hydrogen) atoms. The zero-order chi connectivity index (χ0) is 13.7. The van der Waals surface area contributed by atoms with Gasteiger partial charge >= 0.3 is 0 Å². The monoisotopic (exact) mass is 270 g/mol. The zero-order valence-corrected chi connectivity index (χ0v) is 12.3. The molecule has 0 aliphatic rings. The van der Waals surface area contributed by atoms with Gasteiger partial charge in [-0.1, -0.05) is 43.3 Å². The van der Waals surface area contributed by atoms with Gasteiger partial charge in [0.2, 0.25) is 0 Å². The number of aryl methyl sites for hydroxylation is 1. The first-order valence-electron chi connectivity index (χ1n) is 6.45. The fraction of sp³-hybridized carbons (Fsp3) is 0.250. The molecule has 0 aliphatic carbocycles. The van der Waals surface area contributed by atoms with Crippen LogP contribution in [0.15, 0.2) is 42.5 Å². The van der Waals surface area contributed by atoms with Crippen LogP contribution >= 0.6 is 0 Å². The van der Waals surface area contributed by atoms with Crippen molar-refractivity contribution in [1.82, 2.24) is 0 Å². The van der Waals surface area contributed by atoms with E-state index in [0.29, 0.717) is 22.1 Å². The van der Waals surface area contributed by atoms with Gasteiger partial charge in [-0.05, 0) is 35.7 Å². The quantitative estimate of drug-likeness (QED) is 0.847. The summed E-state index contributed by atoms with van der Waals surface area (Å²) >= 11 is 0. The molecule has 0 amide bonds. The molecule has 0 heterocycles. The van der Waals surface area contributed by atoms with Crippen molar-refractivity contribution >= 4 is 14.9 Å². The minimum Gasteiger partial charge on any atom is -0.508 e. The first-order chi connectivity index (χ1) is 9.22. The fourth-order valence-corrected chi connectivity index (χ4v) is 2.86. The lowest BCUT2D eigenvalue weighted by Crippen LogP contribution is -2.17. The van der Waals surface area contributed by atoms with Crippen LogP contribution in [0.4, 0.5) is 0 Å². The summed E-state index contributed by atoms with van der Waals surface area (Å²) in [6.45, 7) is 4.63. The lowest BCUT2D eigenvalue weighted by molar-refractivity contribution is 0.319. The average Bonchev–Trinajstić information content (AvgIpc) is 2.44. The molecule has 98 valence electrons. The van der Waals surface area contributed by atoms with Gasteiger partial charge in [0.1, 0.15) is 5.75 Å². The minimum atomic E-state index is 0.310. The molecule has 0 saturated carbocycles. The summed E-state index contributed by atoms with van der Waals surface area (Å²) in [5.41, 5.74) is 3.32. The highest BCUT2D eigenvalue weighted by Gasteiger charge is 2.09. The summed E-state index contributed by atoms with van der Waals surface area (Å²) < 4.78 is 5.75. The molecule has 0 bridgehead atoms. The van der Waals surface area contributed by atoms with Crippen molar-refractivity contribution in [2.45, 2.75) is 26.9 Å². The second-order valence-corrected chi connectivity index (χ2v) is 5.54. The van der Waals surface area contributed by atoms with Crippen LogP contribution in [0.25, 0.3) is 0 Å². The van der Waals surface area contributed by atoms with E-state index >= 15 is 0 Å². The highest BCUT2D eigenvalue weighted by atomic mass is 28.2. The van der Waals surface area contributed by atoms with E-state index in [1.54, 1.807) is 6.07 Å². The van der Waals surface area contributed by atoms with E-state index in [0.717, 1.165) is 12.0 Å². The Hall–Kier alpha value is -1.58. The molecule has 2 aromatic carbocycles. The second kappa shape index (κ2) is 6.54. The van der Waals surface area contributed by atoms with Crippen LogP contribution in [0.2, 0.25) is 0 Å². The largest absolute Gasteiger partial charge is 0.508 e. The Labute approximate surface area is 117 Å². The van der Waals surface area contributed by atoms with E-state index in [2.05, 4.69) is 26.0 Å². The molecular weight excluding hydrogens is 252 g/mol. The van der Waals surface area contributed by atoms with Crippen molar-refractivity contribution in [2.75, 3.05) is 0 Å². The van der Waals surface area contributed by atoms with Crippen molar-refractivity contribution in [3.05, 3.63) is 59.2 Å². The average molecular weight is 270 g/mol. The molecule has 2 aromatic rings. The zero-order valence-electron chi connectivity index (χ0n) is 11.3. The number of benzene rings is 2. The summed E-state index contributed by atoms with van der Waals surface area (Å²) in [6, 6.07) is 13.8. The predicted octanol–water partition coefficient (Wildman–Crippen LogP) is 2.72. The van der Waals surface area contributed by atoms with E-state index in [4.69, 9.17) is 4.43 Å². The molecule has 2 nitrogen and oxygen atoms in total. The van der Waals surface area contributed by atoms with E-state index in [1.165, 1.54) is 16.3 Å². The van der Waals surface area contributed by atoms with E-state index in [1.807, 2.05) is 24.3 Å². The van der Waals surface area contributed by atoms with Crippen molar-refractivity contribution in [3.8, 4) is 5.75 Å². The summed E-state index contributed by atoms with van der Waals surface area (Å²) in [5, 5.41) is 11.1. The van der Waals surface area contributed by atoms with Crippen LogP contribution in [0, 0.1) is 6.92 Å². The van der Waals surface area contributed by atoms with Gasteiger partial charge in [0.05, 0.1) is 6.61 Å². The summed E-state index contributed by atoms with van der Waals surface area (Å²) in [5.74, 6) is 0.334. The van der Waals surface area contributed by atoms with Gasteiger partial charge in [-0.2, -0.15) is 0 Å². The molecule has 0 unspecified atom stereocenters. The summed E-state index contributed by atoms with van der Waals surface area (Å²) in [6.07, 6.45) is 0.910. The molecule has 0 atom stereocenters. The van der Waals surface area contributed by atoms with Crippen molar-refractivity contribution in [2.24, 2.45) is 0 Å². The van der Waals surface area contributed by atoms with Gasteiger partial charge in [-0.3, -0.25) is 0 Å². The van der Waals surface area contributed by atoms with E-state index < -0.39 is 0 Å². The van der Waals surface area contributed by atoms with Crippen LogP contribution < -0.4 is 5.19 Å². The van der Waals surface area contributed by atoms with Crippen LogP contribution in [0.1, 0.15) is 23.6 Å². The highest BCUT2D eigenvalue weighted by Crippen LogP contribution is 2.25. The van der Waals surface area contributed by atoms with Crippen LogP contribution in [0.3, 0.4) is 0 Å². The van der Waals surface area contributed by atoms with E-state index in [-0.39, 0.29) is 0 Å². The Kier molecular flexibility index (Phi) is 4.77. The number of rotatable bonds is 5. The number of phenolic OH excluding ortho intramolecular Hbond substituents is 1. The Bertz CT molecular complexity index is 538. The Morgan fingerprint density at radius 3 is 2.47 bits per heavy atom. The third-order valence-electron chi connectivity index (χ3n) is 3.17. The molecule has 0 aromatic heterocycles. The molecule has 0 fully saturated rings. The molecule has 2 rings (SSSR count). The second-order valence-electron chi connectivity index (χ2n) is 4.47. The molecular formula is C16H18O2Si. The number of aromatic hydroxyl groups is 1. The lowest BCUT2D eigenvalue weighted by Gasteiger charge is -2.13. The van der Waals surface area contributed by atoms with Gasteiger partial charge in [0.15, 0.2) is 0 Å². The Balaban J connectivity index is 2.05. The molecule has 0 aliphatic heterocycles. The minimum absolute atomic E-state index is 0.310. The van der Waals surface area contributed by atoms with Gasteiger partial charge < -0.3 is 9.53 Å². The van der Waals surface area contributed by atoms with Gasteiger partial charge in [-0.15, -0.1) is 0 Å². The summed E-state index contributed by atoms with van der Waals surface area (Å²) in [4.78, 5) is 0. The van der Waals surface area contributed by atoms with Gasteiger partial charge in [0.25, 0.3) is 9.76 Å². The first kappa shape index (κ1) is 13.8. The standard InChI is InChI=1S/C16H18O2Si/c1-3-14-12(2)9-10-16(17)15(14)11-18-19-13-7-5-4-6-8-13/h4-10,17H,3,11H2,1-2H3. The predicted molar refractivity (Wildman–Crippen MR) is 78.8 cm³/mol. The SMILES string of the molecule is CCc1c(C)ccc(O)c1CO[Si]c1ccccc1. The van der Waals surface area contributed by atoms with Gasteiger partial charge in [0, 0.05) is 5.56 Å². The molecule has 1 N–H and O–H groups in total. The maximum absolute atomic E-state index is 9.97. The van der Waals surface area contributed by atoms with Crippen LogP contribution in [-0.4, -0.2) is 14.9 Å². The maximum atomic E-state index is 9.97. The Morgan fingerprint density at radius 1 is 1.05 bits per heavy atom. The van der Waals surface area contributed by atoms with Gasteiger partial charge in [-0.25, -0.2) is 0 Å². The maximum Gasteiger partial charge on any atom is 0.269 e. The normalized spacial score (nSPS) is 10.6. The lowest BCUT2D eigenvalue weighted by atomic mass is 9.99.